The fourth-order valence-electron chi connectivity index (χ4n) is 1.96. The highest BCUT2D eigenvalue weighted by Crippen LogP contribution is 2.28. The zero-order valence-electron chi connectivity index (χ0n) is 10.8. The predicted octanol–water partition coefficient (Wildman–Crippen LogP) is 4.36. The third kappa shape index (κ3) is 2.98. The molecule has 0 aliphatic carbocycles. The normalized spacial score (nSPS) is 10.8. The van der Waals surface area contributed by atoms with Crippen molar-refractivity contribution in [2.24, 2.45) is 0 Å². The first kappa shape index (κ1) is 13.2. The summed E-state index contributed by atoms with van der Waals surface area (Å²) in [5.41, 5.74) is 3.05. The zero-order chi connectivity index (χ0) is 13.0. The van der Waals surface area contributed by atoms with Crippen LogP contribution >= 0.6 is 11.3 Å². The van der Waals surface area contributed by atoms with Gasteiger partial charge in [0.25, 0.3) is 0 Å². The van der Waals surface area contributed by atoms with Crippen LogP contribution in [0.1, 0.15) is 23.8 Å². The number of nitrogens with one attached hydrogen (secondary N) is 1. The average molecular weight is 263 g/mol. The minimum atomic E-state index is -0.129. The Morgan fingerprint density at radius 2 is 2.11 bits per heavy atom. The van der Waals surface area contributed by atoms with Crippen LogP contribution in [-0.4, -0.2) is 6.54 Å². The third-order valence-electron chi connectivity index (χ3n) is 2.96. The van der Waals surface area contributed by atoms with Crippen molar-refractivity contribution >= 4 is 11.3 Å². The monoisotopic (exact) mass is 263 g/mol. The van der Waals surface area contributed by atoms with Gasteiger partial charge in [-0.1, -0.05) is 13.0 Å². The van der Waals surface area contributed by atoms with Gasteiger partial charge in [-0.3, -0.25) is 0 Å². The van der Waals surface area contributed by atoms with Crippen molar-refractivity contribution in [2.45, 2.75) is 26.8 Å². The Hall–Kier alpha value is -1.19. The number of benzene rings is 1. The molecule has 1 aromatic carbocycles. The van der Waals surface area contributed by atoms with E-state index in [9.17, 15) is 4.39 Å². The lowest BCUT2D eigenvalue weighted by molar-refractivity contribution is 0.587. The van der Waals surface area contributed by atoms with Gasteiger partial charge in [0.05, 0.1) is 0 Å². The van der Waals surface area contributed by atoms with E-state index in [1.165, 1.54) is 10.4 Å². The third-order valence-corrected chi connectivity index (χ3v) is 3.80. The SMILES string of the molecule is CCCNCc1cc(-c2ccsc2C)ccc1F. The van der Waals surface area contributed by atoms with Gasteiger partial charge < -0.3 is 5.32 Å². The Balaban J connectivity index is 2.23. The summed E-state index contributed by atoms with van der Waals surface area (Å²) in [5, 5.41) is 5.31. The second-order valence-corrected chi connectivity index (χ2v) is 5.49. The van der Waals surface area contributed by atoms with Gasteiger partial charge in [-0.05, 0) is 54.6 Å². The van der Waals surface area contributed by atoms with E-state index in [1.807, 2.05) is 12.1 Å². The second-order valence-electron chi connectivity index (χ2n) is 4.37. The van der Waals surface area contributed by atoms with E-state index in [-0.39, 0.29) is 5.82 Å². The molecule has 1 aromatic heterocycles. The van der Waals surface area contributed by atoms with E-state index in [4.69, 9.17) is 0 Å². The standard InChI is InChI=1S/C15H18FNS/c1-3-7-17-10-13-9-12(4-5-15(13)16)14-6-8-18-11(14)2/h4-6,8-9,17H,3,7,10H2,1-2H3. The molecule has 18 heavy (non-hydrogen) atoms. The fourth-order valence-corrected chi connectivity index (χ4v) is 2.68. The van der Waals surface area contributed by atoms with Gasteiger partial charge >= 0.3 is 0 Å². The van der Waals surface area contributed by atoms with E-state index in [0.717, 1.165) is 24.1 Å². The van der Waals surface area contributed by atoms with Crippen molar-refractivity contribution in [1.29, 1.82) is 0 Å². The molecule has 0 radical (unpaired) electrons. The summed E-state index contributed by atoms with van der Waals surface area (Å²) in [4.78, 5) is 1.27. The van der Waals surface area contributed by atoms with Crippen LogP contribution in [-0.2, 0) is 6.54 Å². The van der Waals surface area contributed by atoms with Crippen molar-refractivity contribution < 1.29 is 4.39 Å². The molecule has 0 aliphatic heterocycles. The molecule has 2 aromatic rings. The maximum absolute atomic E-state index is 13.7. The van der Waals surface area contributed by atoms with Crippen LogP contribution in [0.5, 0.6) is 0 Å². The Morgan fingerprint density at radius 1 is 1.28 bits per heavy atom. The second kappa shape index (κ2) is 6.12. The molecule has 0 atom stereocenters. The minimum Gasteiger partial charge on any atom is -0.313 e. The molecule has 2 rings (SSSR count). The van der Waals surface area contributed by atoms with Gasteiger partial charge in [0, 0.05) is 17.0 Å². The van der Waals surface area contributed by atoms with Crippen molar-refractivity contribution in [1.82, 2.24) is 5.32 Å². The summed E-state index contributed by atoms with van der Waals surface area (Å²) < 4.78 is 13.7. The minimum absolute atomic E-state index is 0.129. The predicted molar refractivity (Wildman–Crippen MR) is 76.4 cm³/mol. The summed E-state index contributed by atoms with van der Waals surface area (Å²) in [5.74, 6) is -0.129. The van der Waals surface area contributed by atoms with E-state index in [0.29, 0.717) is 6.54 Å². The smallest absolute Gasteiger partial charge is 0.127 e. The van der Waals surface area contributed by atoms with E-state index >= 15 is 0 Å². The first-order chi connectivity index (χ1) is 8.72. The van der Waals surface area contributed by atoms with Gasteiger partial charge in [0.15, 0.2) is 0 Å². The van der Waals surface area contributed by atoms with Crippen molar-refractivity contribution in [3.8, 4) is 11.1 Å². The summed E-state index contributed by atoms with van der Waals surface area (Å²) in [6.07, 6.45) is 1.06. The molecular formula is C15H18FNS. The molecule has 0 bridgehead atoms. The highest BCUT2D eigenvalue weighted by molar-refractivity contribution is 7.10. The average Bonchev–Trinajstić information content (AvgIpc) is 2.78. The molecule has 96 valence electrons. The number of rotatable bonds is 5. The number of hydrogen-bond acceptors (Lipinski definition) is 2. The number of thiophene rings is 1. The lowest BCUT2D eigenvalue weighted by Crippen LogP contribution is -2.14. The largest absolute Gasteiger partial charge is 0.313 e. The lowest BCUT2D eigenvalue weighted by atomic mass is 10.0. The maximum Gasteiger partial charge on any atom is 0.127 e. The molecule has 0 spiro atoms. The summed E-state index contributed by atoms with van der Waals surface area (Å²) in [6, 6.07) is 7.46. The van der Waals surface area contributed by atoms with Gasteiger partial charge in [0.2, 0.25) is 0 Å². The van der Waals surface area contributed by atoms with Crippen LogP contribution in [0.15, 0.2) is 29.6 Å². The number of aryl methyl sites for hydroxylation is 1. The Morgan fingerprint density at radius 3 is 2.78 bits per heavy atom. The molecule has 0 aliphatic rings. The highest BCUT2D eigenvalue weighted by atomic mass is 32.1. The van der Waals surface area contributed by atoms with Crippen molar-refractivity contribution in [3.63, 3.8) is 0 Å². The van der Waals surface area contributed by atoms with E-state index < -0.39 is 0 Å². The molecule has 0 amide bonds. The first-order valence-corrected chi connectivity index (χ1v) is 7.14. The van der Waals surface area contributed by atoms with Crippen molar-refractivity contribution in [3.05, 3.63) is 45.9 Å². The van der Waals surface area contributed by atoms with Crippen LogP contribution in [0.25, 0.3) is 11.1 Å². The molecule has 1 N–H and O–H groups in total. The molecule has 3 heteroatoms. The van der Waals surface area contributed by atoms with Crippen LogP contribution < -0.4 is 5.32 Å². The number of halogens is 1. The highest BCUT2D eigenvalue weighted by Gasteiger charge is 2.07. The van der Waals surface area contributed by atoms with E-state index in [2.05, 4.69) is 30.6 Å². The molecule has 1 nitrogen and oxygen atoms in total. The summed E-state index contributed by atoms with van der Waals surface area (Å²) >= 11 is 1.72. The molecule has 0 fully saturated rings. The first-order valence-electron chi connectivity index (χ1n) is 6.26. The number of hydrogen-bond donors (Lipinski definition) is 1. The van der Waals surface area contributed by atoms with Crippen molar-refractivity contribution in [2.75, 3.05) is 6.54 Å². The van der Waals surface area contributed by atoms with Crippen LogP contribution in [0.2, 0.25) is 0 Å². The maximum atomic E-state index is 13.7. The van der Waals surface area contributed by atoms with Gasteiger partial charge in [-0.25, -0.2) is 4.39 Å². The van der Waals surface area contributed by atoms with Crippen LogP contribution in [0.3, 0.4) is 0 Å². The van der Waals surface area contributed by atoms with E-state index in [1.54, 1.807) is 17.4 Å². The Labute approximate surface area is 112 Å². The fraction of sp³-hybridized carbons (Fsp3) is 0.333. The quantitative estimate of drug-likeness (QED) is 0.790. The molecular weight excluding hydrogens is 245 g/mol. The summed E-state index contributed by atoms with van der Waals surface area (Å²) in [7, 11) is 0. The zero-order valence-corrected chi connectivity index (χ0v) is 11.6. The Kier molecular flexibility index (Phi) is 4.50. The van der Waals surface area contributed by atoms with Crippen LogP contribution in [0.4, 0.5) is 4.39 Å². The summed E-state index contributed by atoms with van der Waals surface area (Å²) in [6.45, 7) is 5.71. The molecule has 0 saturated carbocycles. The molecule has 1 heterocycles. The van der Waals surface area contributed by atoms with Gasteiger partial charge in [-0.2, -0.15) is 0 Å². The molecule has 0 unspecified atom stereocenters. The Bertz CT molecular complexity index is 519. The molecule has 0 saturated heterocycles. The lowest BCUT2D eigenvalue weighted by Gasteiger charge is -2.08. The van der Waals surface area contributed by atoms with Gasteiger partial charge in [-0.15, -0.1) is 11.3 Å². The topological polar surface area (TPSA) is 12.0 Å². The van der Waals surface area contributed by atoms with Crippen LogP contribution in [0, 0.1) is 12.7 Å². The van der Waals surface area contributed by atoms with Gasteiger partial charge in [0.1, 0.15) is 5.82 Å².